The monoisotopic (exact) mass is 411 g/mol. The zero-order chi connectivity index (χ0) is 15.2. The molecule has 0 aliphatic carbocycles. The van der Waals surface area contributed by atoms with E-state index in [0.717, 1.165) is 14.7 Å². The molecule has 0 radical (unpaired) electrons. The second-order valence-corrected chi connectivity index (χ2v) is 6.03. The second-order valence-electron chi connectivity index (χ2n) is 4.46. The SMILES string of the molecule is Cc1ccc(C(=O)NC(=S)NCc2cccnc2)cc1I. The minimum absolute atomic E-state index is 0.211. The van der Waals surface area contributed by atoms with Gasteiger partial charge in [-0.05, 0) is 71.1 Å². The van der Waals surface area contributed by atoms with E-state index in [1.54, 1.807) is 18.5 Å². The van der Waals surface area contributed by atoms with Crippen LogP contribution in [0.25, 0.3) is 0 Å². The van der Waals surface area contributed by atoms with Crippen LogP contribution in [0.1, 0.15) is 21.5 Å². The molecule has 0 aliphatic heterocycles. The number of hydrogen-bond donors (Lipinski definition) is 2. The molecule has 0 atom stereocenters. The van der Waals surface area contributed by atoms with Crippen molar-refractivity contribution in [3.8, 4) is 0 Å². The van der Waals surface area contributed by atoms with Crippen LogP contribution in [-0.2, 0) is 6.54 Å². The molecule has 21 heavy (non-hydrogen) atoms. The van der Waals surface area contributed by atoms with Gasteiger partial charge in [-0.2, -0.15) is 0 Å². The number of aryl methyl sites for hydroxylation is 1. The van der Waals surface area contributed by atoms with Crippen LogP contribution in [0.4, 0.5) is 0 Å². The van der Waals surface area contributed by atoms with Gasteiger partial charge in [0.2, 0.25) is 0 Å². The Balaban J connectivity index is 1.90. The number of aromatic nitrogens is 1. The van der Waals surface area contributed by atoms with Crippen molar-refractivity contribution in [1.29, 1.82) is 0 Å². The van der Waals surface area contributed by atoms with Gasteiger partial charge in [0.25, 0.3) is 5.91 Å². The molecule has 0 spiro atoms. The second kappa shape index (κ2) is 7.46. The maximum Gasteiger partial charge on any atom is 0.257 e. The predicted molar refractivity (Wildman–Crippen MR) is 95.0 cm³/mol. The summed E-state index contributed by atoms with van der Waals surface area (Å²) in [6, 6.07) is 9.34. The fraction of sp³-hybridized carbons (Fsp3) is 0.133. The molecule has 0 saturated carbocycles. The molecule has 2 rings (SSSR count). The average Bonchev–Trinajstić information content (AvgIpc) is 2.49. The topological polar surface area (TPSA) is 54.0 Å². The van der Waals surface area contributed by atoms with Crippen molar-refractivity contribution in [2.45, 2.75) is 13.5 Å². The molecule has 108 valence electrons. The molecule has 4 nitrogen and oxygen atoms in total. The van der Waals surface area contributed by atoms with Gasteiger partial charge in [-0.25, -0.2) is 0 Å². The highest BCUT2D eigenvalue weighted by Gasteiger charge is 2.08. The molecule has 0 aliphatic rings. The molecule has 1 heterocycles. The number of nitrogens with zero attached hydrogens (tertiary/aromatic N) is 1. The predicted octanol–water partition coefficient (Wildman–Crippen LogP) is 2.80. The van der Waals surface area contributed by atoms with E-state index in [1.807, 2.05) is 31.2 Å². The number of thiocarbonyl (C=S) groups is 1. The Morgan fingerprint density at radius 2 is 2.19 bits per heavy atom. The molecule has 1 aromatic heterocycles. The highest BCUT2D eigenvalue weighted by atomic mass is 127. The highest BCUT2D eigenvalue weighted by molar-refractivity contribution is 14.1. The fourth-order valence-corrected chi connectivity index (χ4v) is 2.32. The highest BCUT2D eigenvalue weighted by Crippen LogP contribution is 2.13. The third-order valence-electron chi connectivity index (χ3n) is 2.84. The van der Waals surface area contributed by atoms with Crippen LogP contribution < -0.4 is 10.6 Å². The van der Waals surface area contributed by atoms with E-state index in [1.165, 1.54) is 0 Å². The number of benzene rings is 1. The average molecular weight is 411 g/mol. The molecule has 0 fully saturated rings. The summed E-state index contributed by atoms with van der Waals surface area (Å²) in [5.74, 6) is -0.211. The number of rotatable bonds is 3. The number of hydrogen-bond acceptors (Lipinski definition) is 3. The molecule has 0 bridgehead atoms. The molecule has 6 heteroatoms. The molecule has 1 amide bonds. The lowest BCUT2D eigenvalue weighted by molar-refractivity contribution is 0.0976. The van der Waals surface area contributed by atoms with Crippen LogP contribution in [-0.4, -0.2) is 16.0 Å². The standard InChI is InChI=1S/C15H14IN3OS/c1-10-4-5-12(7-13(10)16)14(20)19-15(21)18-9-11-3-2-6-17-8-11/h2-8H,9H2,1H3,(H2,18,19,20,21). The zero-order valence-electron chi connectivity index (χ0n) is 11.4. The van der Waals surface area contributed by atoms with Crippen molar-refractivity contribution in [3.63, 3.8) is 0 Å². The zero-order valence-corrected chi connectivity index (χ0v) is 14.4. The molecule has 2 N–H and O–H groups in total. The van der Waals surface area contributed by atoms with Crippen molar-refractivity contribution in [2.75, 3.05) is 0 Å². The van der Waals surface area contributed by atoms with Gasteiger partial charge in [0.05, 0.1) is 0 Å². The third kappa shape index (κ3) is 4.75. The summed E-state index contributed by atoms with van der Waals surface area (Å²) >= 11 is 7.33. The first-order valence-electron chi connectivity index (χ1n) is 6.30. The van der Waals surface area contributed by atoms with Crippen LogP contribution in [0.2, 0.25) is 0 Å². The molecule has 0 saturated heterocycles. The van der Waals surface area contributed by atoms with Crippen molar-refractivity contribution < 1.29 is 4.79 Å². The lowest BCUT2D eigenvalue weighted by Crippen LogP contribution is -2.38. The first kappa shape index (κ1) is 15.8. The van der Waals surface area contributed by atoms with Gasteiger partial charge in [-0.15, -0.1) is 0 Å². The first-order chi connectivity index (χ1) is 10.1. The lowest BCUT2D eigenvalue weighted by Gasteiger charge is -2.10. The summed E-state index contributed by atoms with van der Waals surface area (Å²) in [5.41, 5.74) is 2.74. The van der Waals surface area contributed by atoms with Gasteiger partial charge in [0, 0.05) is 28.1 Å². The fourth-order valence-electron chi connectivity index (χ4n) is 1.64. The van der Waals surface area contributed by atoms with Gasteiger partial charge in [0.15, 0.2) is 5.11 Å². The Kier molecular flexibility index (Phi) is 5.63. The van der Waals surface area contributed by atoms with Crippen molar-refractivity contribution in [2.24, 2.45) is 0 Å². The van der Waals surface area contributed by atoms with Crippen molar-refractivity contribution in [3.05, 3.63) is 63.0 Å². The summed E-state index contributed by atoms with van der Waals surface area (Å²) in [5, 5.41) is 5.96. The summed E-state index contributed by atoms with van der Waals surface area (Å²) in [7, 11) is 0. The smallest absolute Gasteiger partial charge is 0.257 e. The van der Waals surface area contributed by atoms with E-state index >= 15 is 0 Å². The normalized spacial score (nSPS) is 10.0. The molecule has 2 aromatic rings. The minimum atomic E-state index is -0.211. The largest absolute Gasteiger partial charge is 0.358 e. The Bertz CT molecular complexity index is 661. The quantitative estimate of drug-likeness (QED) is 0.603. The van der Waals surface area contributed by atoms with E-state index in [0.29, 0.717) is 17.2 Å². The summed E-state index contributed by atoms with van der Waals surface area (Å²) in [6.45, 7) is 2.53. The van der Waals surface area contributed by atoms with Gasteiger partial charge < -0.3 is 5.32 Å². The van der Waals surface area contributed by atoms with Gasteiger partial charge in [-0.1, -0.05) is 12.1 Å². The van der Waals surface area contributed by atoms with E-state index in [-0.39, 0.29) is 5.91 Å². The maximum atomic E-state index is 12.1. The summed E-state index contributed by atoms with van der Waals surface area (Å²) < 4.78 is 1.05. The van der Waals surface area contributed by atoms with E-state index in [4.69, 9.17) is 12.2 Å². The maximum absolute atomic E-state index is 12.1. The van der Waals surface area contributed by atoms with Crippen molar-refractivity contribution in [1.82, 2.24) is 15.6 Å². The summed E-state index contributed by atoms with van der Waals surface area (Å²) in [4.78, 5) is 16.1. The minimum Gasteiger partial charge on any atom is -0.358 e. The van der Waals surface area contributed by atoms with Crippen LogP contribution >= 0.6 is 34.8 Å². The Labute approximate surface area is 142 Å². The van der Waals surface area contributed by atoms with Crippen LogP contribution in [0.15, 0.2) is 42.7 Å². The molecular formula is C15H14IN3OS. The molecular weight excluding hydrogens is 397 g/mol. The summed E-state index contributed by atoms with van der Waals surface area (Å²) in [6.07, 6.45) is 3.46. The van der Waals surface area contributed by atoms with Crippen LogP contribution in [0.5, 0.6) is 0 Å². The third-order valence-corrected chi connectivity index (χ3v) is 4.25. The van der Waals surface area contributed by atoms with Gasteiger partial charge >= 0.3 is 0 Å². The Morgan fingerprint density at radius 3 is 2.86 bits per heavy atom. The van der Waals surface area contributed by atoms with E-state index < -0.39 is 0 Å². The first-order valence-corrected chi connectivity index (χ1v) is 7.79. The van der Waals surface area contributed by atoms with Crippen LogP contribution in [0, 0.1) is 10.5 Å². The van der Waals surface area contributed by atoms with E-state index in [9.17, 15) is 4.79 Å². The number of nitrogens with one attached hydrogen (secondary N) is 2. The van der Waals surface area contributed by atoms with Crippen LogP contribution in [0.3, 0.4) is 0 Å². The number of halogens is 1. The lowest BCUT2D eigenvalue weighted by atomic mass is 10.1. The molecule has 1 aromatic carbocycles. The number of pyridine rings is 1. The number of carbonyl (C=O) groups is 1. The van der Waals surface area contributed by atoms with Gasteiger partial charge in [0.1, 0.15) is 0 Å². The Morgan fingerprint density at radius 1 is 1.38 bits per heavy atom. The number of amides is 1. The van der Waals surface area contributed by atoms with E-state index in [2.05, 4.69) is 38.2 Å². The Hall–Kier alpha value is -1.54. The number of carbonyl (C=O) groups excluding carboxylic acids is 1. The van der Waals surface area contributed by atoms with Crippen molar-refractivity contribution >= 4 is 45.8 Å². The molecule has 0 unspecified atom stereocenters. The van der Waals surface area contributed by atoms with Gasteiger partial charge in [-0.3, -0.25) is 15.1 Å².